The Bertz CT molecular complexity index is 625. The third-order valence-corrected chi connectivity index (χ3v) is 4.28. The average Bonchev–Trinajstić information content (AvgIpc) is 2.54. The molecule has 0 unspecified atom stereocenters. The molecule has 0 aliphatic carbocycles. The van der Waals surface area contributed by atoms with Crippen molar-refractivity contribution in [1.29, 1.82) is 0 Å². The summed E-state index contributed by atoms with van der Waals surface area (Å²) in [6.45, 7) is 0.870. The second kappa shape index (κ2) is 5.78. The molecule has 1 aliphatic heterocycles. The fourth-order valence-electron chi connectivity index (χ4n) is 3.17. The van der Waals surface area contributed by atoms with Crippen molar-refractivity contribution in [2.24, 2.45) is 0 Å². The van der Waals surface area contributed by atoms with E-state index in [0.29, 0.717) is 6.04 Å². The maximum absolute atomic E-state index is 5.57. The topological polar surface area (TPSA) is 21.7 Å². The molecule has 21 heavy (non-hydrogen) atoms. The molecule has 0 bridgehead atoms. The molecule has 0 saturated heterocycles. The molecule has 0 amide bonds. The molecule has 2 aromatic rings. The highest BCUT2D eigenvalue weighted by atomic mass is 16.5. The number of likely N-dealkylation sites (N-methyl/N-ethyl adjacent to an activating group) is 1. The van der Waals surface area contributed by atoms with Crippen LogP contribution >= 0.6 is 0 Å². The normalized spacial score (nSPS) is 18.1. The van der Waals surface area contributed by atoms with E-state index in [0.717, 1.165) is 24.5 Å². The molecule has 0 radical (unpaired) electrons. The lowest BCUT2D eigenvalue weighted by molar-refractivity contribution is 0.212. The van der Waals surface area contributed by atoms with Crippen LogP contribution in [-0.2, 0) is 13.0 Å². The number of hydrogen-bond donors (Lipinski definition) is 0. The first-order chi connectivity index (χ1) is 10.2. The van der Waals surface area contributed by atoms with Crippen LogP contribution in [0.3, 0.4) is 0 Å². The second-order valence-corrected chi connectivity index (χ2v) is 5.48. The van der Waals surface area contributed by atoms with Crippen LogP contribution in [0.4, 0.5) is 0 Å². The highest BCUT2D eigenvalue weighted by molar-refractivity contribution is 5.52. The van der Waals surface area contributed by atoms with Crippen molar-refractivity contribution in [3.63, 3.8) is 0 Å². The fraction of sp³-hybridized carbons (Fsp3) is 0.333. The van der Waals surface area contributed by atoms with Gasteiger partial charge in [-0.25, -0.2) is 0 Å². The van der Waals surface area contributed by atoms with Gasteiger partial charge in [-0.1, -0.05) is 36.4 Å². The van der Waals surface area contributed by atoms with Crippen molar-refractivity contribution in [3.05, 3.63) is 59.2 Å². The maximum Gasteiger partial charge on any atom is 0.165 e. The Balaban J connectivity index is 1.99. The predicted molar refractivity (Wildman–Crippen MR) is 83.9 cm³/mol. The van der Waals surface area contributed by atoms with Gasteiger partial charge in [0.05, 0.1) is 14.2 Å². The van der Waals surface area contributed by atoms with Gasteiger partial charge < -0.3 is 9.47 Å². The number of benzene rings is 2. The second-order valence-electron chi connectivity index (χ2n) is 5.48. The van der Waals surface area contributed by atoms with Gasteiger partial charge in [-0.2, -0.15) is 0 Å². The molecule has 0 saturated carbocycles. The summed E-state index contributed by atoms with van der Waals surface area (Å²) < 4.78 is 11.0. The van der Waals surface area contributed by atoms with E-state index in [1.807, 2.05) is 6.07 Å². The van der Waals surface area contributed by atoms with E-state index in [1.54, 1.807) is 14.2 Å². The van der Waals surface area contributed by atoms with Crippen LogP contribution < -0.4 is 9.47 Å². The van der Waals surface area contributed by atoms with Crippen LogP contribution in [0.25, 0.3) is 0 Å². The van der Waals surface area contributed by atoms with E-state index in [9.17, 15) is 0 Å². The van der Waals surface area contributed by atoms with Crippen LogP contribution in [0.5, 0.6) is 11.5 Å². The zero-order valence-electron chi connectivity index (χ0n) is 12.8. The molecule has 0 spiro atoms. The van der Waals surface area contributed by atoms with Crippen molar-refractivity contribution < 1.29 is 9.47 Å². The van der Waals surface area contributed by atoms with Gasteiger partial charge >= 0.3 is 0 Å². The molecule has 0 aromatic heterocycles. The quantitative estimate of drug-likeness (QED) is 0.861. The molecule has 1 aliphatic rings. The predicted octanol–water partition coefficient (Wildman–Crippen LogP) is 3.43. The van der Waals surface area contributed by atoms with E-state index in [-0.39, 0.29) is 0 Å². The zero-order valence-corrected chi connectivity index (χ0v) is 12.8. The minimum Gasteiger partial charge on any atom is -0.493 e. The molecule has 0 N–H and O–H groups in total. The van der Waals surface area contributed by atoms with Crippen molar-refractivity contribution in [1.82, 2.24) is 4.90 Å². The number of rotatable bonds is 3. The molecule has 3 nitrogen and oxygen atoms in total. The number of ether oxygens (including phenoxy) is 2. The molecular formula is C18H21NO2. The standard InChI is InChI=1S/C18H21NO2/c1-19-12-15-14(9-10-17(20-2)18(15)21-3)11-16(19)13-7-5-4-6-8-13/h4-10,16H,11-12H2,1-3H3/t16-/m1/s1. The Morgan fingerprint density at radius 3 is 2.43 bits per heavy atom. The van der Waals surface area contributed by atoms with Gasteiger partial charge in [0.2, 0.25) is 0 Å². The highest BCUT2D eigenvalue weighted by Gasteiger charge is 2.28. The van der Waals surface area contributed by atoms with Crippen LogP contribution in [0.2, 0.25) is 0 Å². The lowest BCUT2D eigenvalue weighted by Gasteiger charge is -2.35. The highest BCUT2D eigenvalue weighted by Crippen LogP contribution is 2.40. The molecule has 3 rings (SSSR count). The zero-order chi connectivity index (χ0) is 14.8. The van der Waals surface area contributed by atoms with Crippen LogP contribution in [0.15, 0.2) is 42.5 Å². The molecule has 0 fully saturated rings. The number of nitrogens with zero attached hydrogens (tertiary/aromatic N) is 1. The Morgan fingerprint density at radius 1 is 1.00 bits per heavy atom. The summed E-state index contributed by atoms with van der Waals surface area (Å²) in [6.07, 6.45) is 0.996. The third kappa shape index (κ3) is 2.49. The molecule has 3 heteroatoms. The SMILES string of the molecule is COc1ccc2c(c1OC)CN(C)[C@@H](c1ccccc1)C2. The smallest absolute Gasteiger partial charge is 0.165 e. The van der Waals surface area contributed by atoms with Gasteiger partial charge in [0.15, 0.2) is 11.5 Å². The van der Waals surface area contributed by atoms with E-state index in [2.05, 4.69) is 48.3 Å². The van der Waals surface area contributed by atoms with Gasteiger partial charge in [0.25, 0.3) is 0 Å². The van der Waals surface area contributed by atoms with Crippen molar-refractivity contribution in [2.45, 2.75) is 19.0 Å². The minimum absolute atomic E-state index is 0.414. The summed E-state index contributed by atoms with van der Waals surface area (Å²) in [5.41, 5.74) is 3.95. The van der Waals surface area contributed by atoms with Crippen molar-refractivity contribution in [3.8, 4) is 11.5 Å². The fourth-order valence-corrected chi connectivity index (χ4v) is 3.17. The van der Waals surface area contributed by atoms with Gasteiger partial charge in [0.1, 0.15) is 0 Å². The van der Waals surface area contributed by atoms with Crippen molar-refractivity contribution >= 4 is 0 Å². The number of hydrogen-bond acceptors (Lipinski definition) is 3. The summed E-state index contributed by atoms with van der Waals surface area (Å²) in [7, 11) is 5.56. The first-order valence-corrected chi connectivity index (χ1v) is 7.22. The van der Waals surface area contributed by atoms with E-state index in [4.69, 9.17) is 9.47 Å². The summed E-state index contributed by atoms with van der Waals surface area (Å²) in [4.78, 5) is 2.37. The monoisotopic (exact) mass is 283 g/mol. The van der Waals surface area contributed by atoms with Gasteiger partial charge in [-0.05, 0) is 30.7 Å². The Hall–Kier alpha value is -2.00. The van der Waals surface area contributed by atoms with Gasteiger partial charge in [0, 0.05) is 18.2 Å². The van der Waals surface area contributed by atoms with Gasteiger partial charge in [-0.15, -0.1) is 0 Å². The van der Waals surface area contributed by atoms with Gasteiger partial charge in [-0.3, -0.25) is 4.90 Å². The summed E-state index contributed by atoms with van der Waals surface area (Å²) in [5, 5.41) is 0. The molecular weight excluding hydrogens is 262 g/mol. The summed E-state index contributed by atoms with van der Waals surface area (Å²) >= 11 is 0. The lowest BCUT2D eigenvalue weighted by atomic mass is 9.89. The van der Waals surface area contributed by atoms with Crippen LogP contribution in [-0.4, -0.2) is 26.2 Å². The maximum atomic E-state index is 5.57. The van der Waals surface area contributed by atoms with Crippen LogP contribution in [0.1, 0.15) is 22.7 Å². The Labute approximate surface area is 126 Å². The first-order valence-electron chi connectivity index (χ1n) is 7.22. The Morgan fingerprint density at radius 2 is 1.76 bits per heavy atom. The largest absolute Gasteiger partial charge is 0.493 e. The molecule has 110 valence electrons. The lowest BCUT2D eigenvalue weighted by Crippen LogP contribution is -2.31. The first kappa shape index (κ1) is 14.0. The Kier molecular flexibility index (Phi) is 3.84. The number of fused-ring (bicyclic) bond motifs is 1. The third-order valence-electron chi connectivity index (χ3n) is 4.28. The molecule has 1 heterocycles. The van der Waals surface area contributed by atoms with E-state index in [1.165, 1.54) is 16.7 Å². The van der Waals surface area contributed by atoms with E-state index >= 15 is 0 Å². The van der Waals surface area contributed by atoms with Crippen LogP contribution in [0, 0.1) is 0 Å². The van der Waals surface area contributed by atoms with Crippen molar-refractivity contribution in [2.75, 3.05) is 21.3 Å². The summed E-state index contributed by atoms with van der Waals surface area (Å²) in [6, 6.07) is 15.3. The summed E-state index contributed by atoms with van der Waals surface area (Å²) in [5.74, 6) is 1.68. The molecule has 1 atom stereocenters. The minimum atomic E-state index is 0.414. The van der Waals surface area contributed by atoms with E-state index < -0.39 is 0 Å². The molecule has 2 aromatic carbocycles. The number of methoxy groups -OCH3 is 2. The average molecular weight is 283 g/mol.